The molecule has 0 fully saturated rings. The lowest BCUT2D eigenvalue weighted by Gasteiger charge is -2.12. The van der Waals surface area contributed by atoms with Gasteiger partial charge in [-0.05, 0) is 17.7 Å². The van der Waals surface area contributed by atoms with Crippen LogP contribution in [0.3, 0.4) is 0 Å². The van der Waals surface area contributed by atoms with E-state index in [2.05, 4.69) is 15.3 Å². The van der Waals surface area contributed by atoms with E-state index in [1.165, 1.54) is 6.20 Å². The van der Waals surface area contributed by atoms with Crippen molar-refractivity contribution in [1.82, 2.24) is 14.5 Å². The van der Waals surface area contributed by atoms with Gasteiger partial charge in [0.1, 0.15) is 24.7 Å². The van der Waals surface area contributed by atoms with Gasteiger partial charge in [0.2, 0.25) is 0 Å². The second-order valence-corrected chi connectivity index (χ2v) is 5.71. The molecule has 0 aliphatic carbocycles. The van der Waals surface area contributed by atoms with Crippen LogP contribution in [0.2, 0.25) is 0 Å². The van der Waals surface area contributed by atoms with Gasteiger partial charge in [-0.3, -0.25) is 24.5 Å². The van der Waals surface area contributed by atoms with Gasteiger partial charge in [0.15, 0.2) is 0 Å². The molecule has 0 aliphatic rings. The van der Waals surface area contributed by atoms with Crippen molar-refractivity contribution in [3.63, 3.8) is 0 Å². The molecule has 9 nitrogen and oxygen atoms in total. The lowest BCUT2D eigenvalue weighted by Crippen LogP contribution is -2.30. The minimum atomic E-state index is -1.22. The van der Waals surface area contributed by atoms with Crippen molar-refractivity contribution in [2.24, 2.45) is 0 Å². The first kappa shape index (κ1) is 18.8. The second-order valence-electron chi connectivity index (χ2n) is 5.71. The number of rotatable bonds is 6. The SMILES string of the molecule is O=C(O)Cn1c(-c2cccnc2)ncc(NC(=O)OCc2ccccc2)c1=O. The maximum Gasteiger partial charge on any atom is 0.412 e. The monoisotopic (exact) mass is 380 g/mol. The van der Waals surface area contributed by atoms with Gasteiger partial charge in [-0.15, -0.1) is 0 Å². The number of hydrogen-bond acceptors (Lipinski definition) is 6. The first-order valence-corrected chi connectivity index (χ1v) is 8.24. The number of amides is 1. The van der Waals surface area contributed by atoms with Crippen molar-refractivity contribution >= 4 is 17.7 Å². The Kier molecular flexibility index (Phi) is 5.75. The largest absolute Gasteiger partial charge is 0.480 e. The predicted octanol–water partition coefficient (Wildman–Crippen LogP) is 2.14. The first-order chi connectivity index (χ1) is 13.5. The number of nitrogens with zero attached hydrogens (tertiary/aromatic N) is 3. The Labute approximate surface area is 159 Å². The van der Waals surface area contributed by atoms with Crippen LogP contribution in [0.4, 0.5) is 10.5 Å². The minimum absolute atomic E-state index is 0.0250. The van der Waals surface area contributed by atoms with Crippen LogP contribution in [0.1, 0.15) is 5.56 Å². The summed E-state index contributed by atoms with van der Waals surface area (Å²) in [6, 6.07) is 12.3. The van der Waals surface area contributed by atoms with Crippen LogP contribution in [0.5, 0.6) is 0 Å². The molecule has 0 spiro atoms. The van der Waals surface area contributed by atoms with Crippen molar-refractivity contribution in [3.8, 4) is 11.4 Å². The number of pyridine rings is 1. The highest BCUT2D eigenvalue weighted by molar-refractivity contribution is 5.84. The molecular weight excluding hydrogens is 364 g/mol. The molecule has 28 heavy (non-hydrogen) atoms. The van der Waals surface area contributed by atoms with Crippen LogP contribution < -0.4 is 10.9 Å². The number of benzene rings is 1. The summed E-state index contributed by atoms with van der Waals surface area (Å²) in [5.74, 6) is -1.10. The Balaban J connectivity index is 1.82. The summed E-state index contributed by atoms with van der Waals surface area (Å²) < 4.78 is 6.02. The summed E-state index contributed by atoms with van der Waals surface area (Å²) in [6.45, 7) is -0.595. The number of carboxylic acids is 1. The Bertz CT molecular complexity index is 1040. The quantitative estimate of drug-likeness (QED) is 0.671. The Morgan fingerprint density at radius 1 is 1.11 bits per heavy atom. The molecule has 2 N–H and O–H groups in total. The fraction of sp³-hybridized carbons (Fsp3) is 0.105. The van der Waals surface area contributed by atoms with Crippen LogP contribution in [-0.4, -0.2) is 31.7 Å². The first-order valence-electron chi connectivity index (χ1n) is 8.24. The average Bonchev–Trinajstić information content (AvgIpc) is 2.71. The van der Waals surface area contributed by atoms with Crippen molar-refractivity contribution in [2.45, 2.75) is 13.2 Å². The minimum Gasteiger partial charge on any atom is -0.480 e. The van der Waals surface area contributed by atoms with Crippen LogP contribution in [0.25, 0.3) is 11.4 Å². The number of carbonyl (C=O) groups is 2. The molecule has 9 heteroatoms. The number of carboxylic acid groups (broad SMARTS) is 1. The molecule has 3 rings (SSSR count). The van der Waals surface area contributed by atoms with Gasteiger partial charge < -0.3 is 9.84 Å². The zero-order valence-electron chi connectivity index (χ0n) is 14.6. The summed E-state index contributed by atoms with van der Waals surface area (Å²) in [5, 5.41) is 11.4. The van der Waals surface area contributed by atoms with E-state index in [0.717, 1.165) is 16.3 Å². The molecule has 142 valence electrons. The molecule has 1 aromatic carbocycles. The second kappa shape index (κ2) is 8.58. The van der Waals surface area contributed by atoms with E-state index in [9.17, 15) is 14.4 Å². The molecule has 3 aromatic rings. The van der Waals surface area contributed by atoms with Gasteiger partial charge >= 0.3 is 12.1 Å². The summed E-state index contributed by atoms with van der Waals surface area (Å²) in [5.41, 5.74) is 0.352. The maximum atomic E-state index is 12.7. The number of anilines is 1. The van der Waals surface area contributed by atoms with Gasteiger partial charge in [0.25, 0.3) is 5.56 Å². The van der Waals surface area contributed by atoms with Gasteiger partial charge in [0.05, 0.1) is 6.20 Å². The van der Waals surface area contributed by atoms with E-state index in [1.807, 2.05) is 18.2 Å². The smallest absolute Gasteiger partial charge is 0.412 e. The van der Waals surface area contributed by atoms with Crippen molar-refractivity contribution in [3.05, 3.63) is 77.0 Å². The highest BCUT2D eigenvalue weighted by atomic mass is 16.5. The van der Waals surface area contributed by atoms with E-state index in [1.54, 1.807) is 30.5 Å². The van der Waals surface area contributed by atoms with Crippen LogP contribution in [-0.2, 0) is 22.7 Å². The summed E-state index contributed by atoms with van der Waals surface area (Å²) in [6.07, 6.45) is 3.31. The van der Waals surface area contributed by atoms with E-state index in [4.69, 9.17) is 9.84 Å². The van der Waals surface area contributed by atoms with Crippen LogP contribution in [0, 0.1) is 0 Å². The van der Waals surface area contributed by atoms with Crippen LogP contribution >= 0.6 is 0 Å². The van der Waals surface area contributed by atoms with E-state index in [-0.39, 0.29) is 18.1 Å². The van der Waals surface area contributed by atoms with Gasteiger partial charge in [0, 0.05) is 18.0 Å². The van der Waals surface area contributed by atoms with E-state index in [0.29, 0.717) is 5.56 Å². The third-order valence-electron chi connectivity index (χ3n) is 3.71. The highest BCUT2D eigenvalue weighted by Crippen LogP contribution is 2.15. The highest BCUT2D eigenvalue weighted by Gasteiger charge is 2.16. The number of aliphatic carboxylic acids is 1. The lowest BCUT2D eigenvalue weighted by atomic mass is 10.2. The number of hydrogen-bond donors (Lipinski definition) is 2. The Hall–Kier alpha value is -4.01. The van der Waals surface area contributed by atoms with Crippen molar-refractivity contribution in [1.29, 1.82) is 0 Å². The normalized spacial score (nSPS) is 10.3. The molecular formula is C19H16N4O5. The molecule has 0 aliphatic heterocycles. The molecule has 0 unspecified atom stereocenters. The fourth-order valence-electron chi connectivity index (χ4n) is 2.45. The van der Waals surface area contributed by atoms with Crippen molar-refractivity contribution in [2.75, 3.05) is 5.32 Å². The third-order valence-corrected chi connectivity index (χ3v) is 3.71. The fourth-order valence-corrected chi connectivity index (χ4v) is 2.45. The molecule has 0 bridgehead atoms. The van der Waals surface area contributed by atoms with Gasteiger partial charge in [-0.1, -0.05) is 30.3 Å². The zero-order valence-corrected chi connectivity index (χ0v) is 14.6. The summed E-state index contributed by atoms with van der Waals surface area (Å²) in [4.78, 5) is 43.9. The molecule has 0 radical (unpaired) electrons. The molecule has 2 heterocycles. The maximum absolute atomic E-state index is 12.7. The van der Waals surface area contributed by atoms with Gasteiger partial charge in [-0.2, -0.15) is 0 Å². The summed E-state index contributed by atoms with van der Waals surface area (Å²) >= 11 is 0. The van der Waals surface area contributed by atoms with Crippen LogP contribution in [0.15, 0.2) is 65.8 Å². The molecule has 1 amide bonds. The topological polar surface area (TPSA) is 123 Å². The number of aromatic nitrogens is 3. The Morgan fingerprint density at radius 3 is 2.57 bits per heavy atom. The number of carbonyl (C=O) groups excluding carboxylic acids is 1. The average molecular weight is 380 g/mol. The number of ether oxygens (including phenoxy) is 1. The lowest BCUT2D eigenvalue weighted by molar-refractivity contribution is -0.137. The Morgan fingerprint density at radius 2 is 1.89 bits per heavy atom. The third kappa shape index (κ3) is 4.58. The molecule has 0 saturated carbocycles. The molecule has 2 aromatic heterocycles. The zero-order chi connectivity index (χ0) is 19.9. The van der Waals surface area contributed by atoms with E-state index < -0.39 is 24.2 Å². The molecule has 0 atom stereocenters. The summed E-state index contributed by atoms with van der Waals surface area (Å²) in [7, 11) is 0. The standard InChI is InChI=1S/C19H16N4O5/c24-16(25)11-23-17(14-7-4-8-20-9-14)21-10-15(18(23)26)22-19(27)28-12-13-5-2-1-3-6-13/h1-10H,11-12H2,(H,22,27)(H,24,25). The van der Waals surface area contributed by atoms with E-state index >= 15 is 0 Å². The van der Waals surface area contributed by atoms with Crippen molar-refractivity contribution < 1.29 is 19.4 Å². The molecule has 0 saturated heterocycles. The number of nitrogens with one attached hydrogen (secondary N) is 1. The predicted molar refractivity (Wildman–Crippen MR) is 99.6 cm³/mol. The van der Waals surface area contributed by atoms with Gasteiger partial charge in [-0.25, -0.2) is 9.78 Å².